The number of aliphatic carboxylic acids is 1. The van der Waals surface area contributed by atoms with Gasteiger partial charge in [0.1, 0.15) is 0 Å². The lowest BCUT2D eigenvalue weighted by atomic mass is 9.88. The van der Waals surface area contributed by atoms with Gasteiger partial charge in [0.05, 0.1) is 11.4 Å². The molecule has 2 unspecified atom stereocenters. The molecule has 4 aromatic rings. The summed E-state index contributed by atoms with van der Waals surface area (Å²) in [4.78, 5) is 18.8. The van der Waals surface area contributed by atoms with Crippen LogP contribution in [0, 0.1) is 18.8 Å². The average Bonchev–Trinajstić information content (AvgIpc) is 3.62. The molecule has 194 valence electrons. The normalized spacial score (nSPS) is 18.9. The summed E-state index contributed by atoms with van der Waals surface area (Å²) in [6.45, 7) is 7.30. The summed E-state index contributed by atoms with van der Waals surface area (Å²) in [5, 5.41) is 19.8. The van der Waals surface area contributed by atoms with E-state index in [-0.39, 0.29) is 12.0 Å². The van der Waals surface area contributed by atoms with Gasteiger partial charge in [-0.1, -0.05) is 47.1 Å². The maximum atomic E-state index is 11.9. The first kappa shape index (κ1) is 24.4. The van der Waals surface area contributed by atoms with Crippen molar-refractivity contribution in [1.29, 1.82) is 0 Å². The van der Waals surface area contributed by atoms with Crippen LogP contribution in [0.5, 0.6) is 0 Å². The lowest BCUT2D eigenvalue weighted by Gasteiger charge is -2.24. The number of benzene rings is 2. The molecule has 3 heterocycles. The number of likely N-dealkylation sites (tertiary alicyclic amines) is 1. The third-order valence-electron chi connectivity index (χ3n) is 7.63. The number of hydrogen-bond acceptors (Lipinski definition) is 6. The molecule has 1 fully saturated rings. The molecule has 0 saturated carbocycles. The van der Waals surface area contributed by atoms with Gasteiger partial charge >= 0.3 is 5.97 Å². The minimum absolute atomic E-state index is 0.0271. The molecule has 0 radical (unpaired) electrons. The third kappa shape index (κ3) is 4.09. The summed E-state index contributed by atoms with van der Waals surface area (Å²) < 4.78 is 7.56. The number of rotatable bonds is 6. The quantitative estimate of drug-likeness (QED) is 0.314. The van der Waals surface area contributed by atoms with E-state index in [2.05, 4.69) is 47.2 Å². The van der Waals surface area contributed by atoms with E-state index in [1.54, 1.807) is 0 Å². The Hall–Kier alpha value is -3.91. The molecule has 9 heteroatoms. The van der Waals surface area contributed by atoms with Crippen LogP contribution in [0.15, 0.2) is 64.8 Å². The summed E-state index contributed by atoms with van der Waals surface area (Å²) in [6, 6.07) is 12.1. The van der Waals surface area contributed by atoms with Crippen LogP contribution in [-0.4, -0.2) is 42.4 Å². The van der Waals surface area contributed by atoms with Crippen molar-refractivity contribution < 1.29 is 14.4 Å². The summed E-state index contributed by atoms with van der Waals surface area (Å²) in [5.41, 5.74) is 5.85. The molecule has 2 aromatic heterocycles. The highest BCUT2D eigenvalue weighted by molar-refractivity contribution is 6.34. The number of aromatic nitrogens is 4. The second-order valence-corrected chi connectivity index (χ2v) is 10.6. The fourth-order valence-corrected chi connectivity index (χ4v) is 5.84. The molecule has 1 saturated heterocycles. The SMILES string of the molecule is Cc1c(CN2CC(C(=O)O)C3CC=CC=C32)cccc1-c1noc(-c2ccc3c(c2)c(Cl)nn3C(C)C)n1. The molecule has 1 aliphatic heterocycles. The summed E-state index contributed by atoms with van der Waals surface area (Å²) in [6.07, 6.45) is 6.88. The highest BCUT2D eigenvalue weighted by Crippen LogP contribution is 2.40. The van der Waals surface area contributed by atoms with Gasteiger partial charge in [-0.2, -0.15) is 10.1 Å². The lowest BCUT2D eigenvalue weighted by molar-refractivity contribution is -0.142. The van der Waals surface area contributed by atoms with Crippen molar-refractivity contribution in [2.45, 2.75) is 39.8 Å². The molecule has 0 amide bonds. The summed E-state index contributed by atoms with van der Waals surface area (Å²) in [5.74, 6) is -0.191. The van der Waals surface area contributed by atoms with Gasteiger partial charge < -0.3 is 14.5 Å². The van der Waals surface area contributed by atoms with E-state index < -0.39 is 11.9 Å². The van der Waals surface area contributed by atoms with E-state index in [0.717, 1.165) is 45.3 Å². The zero-order valence-corrected chi connectivity index (χ0v) is 22.2. The molecule has 6 rings (SSSR count). The van der Waals surface area contributed by atoms with Crippen molar-refractivity contribution >= 4 is 28.5 Å². The molecular formula is C29H28ClN5O3. The summed E-state index contributed by atoms with van der Waals surface area (Å²) in [7, 11) is 0. The number of fused-ring (bicyclic) bond motifs is 2. The Morgan fingerprint density at radius 2 is 2.11 bits per heavy atom. The largest absolute Gasteiger partial charge is 0.481 e. The Kier molecular flexibility index (Phi) is 6.07. The van der Waals surface area contributed by atoms with E-state index >= 15 is 0 Å². The van der Waals surface area contributed by atoms with Gasteiger partial charge in [-0.15, -0.1) is 0 Å². The first-order valence-corrected chi connectivity index (χ1v) is 13.1. The Balaban J connectivity index is 1.29. The smallest absolute Gasteiger partial charge is 0.308 e. The Labute approximate surface area is 225 Å². The number of halogens is 1. The number of carboxylic acids is 1. The molecule has 1 aliphatic carbocycles. The third-order valence-corrected chi connectivity index (χ3v) is 7.91. The Morgan fingerprint density at radius 1 is 1.26 bits per heavy atom. The van der Waals surface area contributed by atoms with Gasteiger partial charge in [-0.05, 0) is 62.6 Å². The van der Waals surface area contributed by atoms with Crippen LogP contribution in [-0.2, 0) is 11.3 Å². The standard InChI is InChI=1S/C29H28ClN5O3/c1-16(2)35-25-12-11-18(13-22(25)26(30)32-35)28-31-27(33-38-28)20-9-6-7-19(17(20)3)14-34-15-23(29(36)37)21-8-4-5-10-24(21)34/h4-7,9-13,16,21,23H,8,14-15H2,1-3H3,(H,36,37). The van der Waals surface area contributed by atoms with Crippen molar-refractivity contribution in [3.05, 3.63) is 76.6 Å². The van der Waals surface area contributed by atoms with Gasteiger partial charge in [0.25, 0.3) is 5.89 Å². The van der Waals surface area contributed by atoms with Gasteiger partial charge in [-0.3, -0.25) is 9.48 Å². The van der Waals surface area contributed by atoms with Gasteiger partial charge in [0.2, 0.25) is 5.82 Å². The Morgan fingerprint density at radius 3 is 2.89 bits per heavy atom. The second kappa shape index (κ2) is 9.44. The topological polar surface area (TPSA) is 97.3 Å². The fraction of sp³-hybridized carbons (Fsp3) is 0.310. The van der Waals surface area contributed by atoms with Gasteiger partial charge in [0, 0.05) is 47.3 Å². The van der Waals surface area contributed by atoms with Crippen LogP contribution in [0.3, 0.4) is 0 Å². The molecule has 38 heavy (non-hydrogen) atoms. The molecule has 0 bridgehead atoms. The maximum Gasteiger partial charge on any atom is 0.308 e. The first-order chi connectivity index (χ1) is 18.3. The monoisotopic (exact) mass is 529 g/mol. The van der Waals surface area contributed by atoms with Crippen molar-refractivity contribution in [2.24, 2.45) is 11.8 Å². The number of carboxylic acid groups (broad SMARTS) is 1. The summed E-state index contributed by atoms with van der Waals surface area (Å²) >= 11 is 6.42. The first-order valence-electron chi connectivity index (χ1n) is 12.8. The van der Waals surface area contributed by atoms with Crippen molar-refractivity contribution in [3.63, 3.8) is 0 Å². The maximum absolute atomic E-state index is 11.9. The van der Waals surface area contributed by atoms with E-state index in [0.29, 0.717) is 30.0 Å². The molecular weight excluding hydrogens is 502 g/mol. The number of carbonyl (C=O) groups is 1. The van der Waals surface area contributed by atoms with Crippen molar-refractivity contribution in [1.82, 2.24) is 24.8 Å². The predicted molar refractivity (Wildman–Crippen MR) is 145 cm³/mol. The van der Waals surface area contributed by atoms with E-state index in [1.165, 1.54) is 0 Å². The number of allylic oxidation sites excluding steroid dienone is 4. The lowest BCUT2D eigenvalue weighted by Crippen LogP contribution is -2.23. The van der Waals surface area contributed by atoms with Crippen LogP contribution in [0.2, 0.25) is 5.15 Å². The average molecular weight is 530 g/mol. The molecule has 2 aromatic carbocycles. The molecule has 8 nitrogen and oxygen atoms in total. The van der Waals surface area contributed by atoms with Crippen LogP contribution >= 0.6 is 11.6 Å². The molecule has 2 atom stereocenters. The zero-order valence-electron chi connectivity index (χ0n) is 21.4. The van der Waals surface area contributed by atoms with Gasteiger partial charge in [-0.25, -0.2) is 0 Å². The number of nitrogens with zero attached hydrogens (tertiary/aromatic N) is 5. The fourth-order valence-electron chi connectivity index (χ4n) is 5.61. The van der Waals surface area contributed by atoms with Crippen LogP contribution in [0.25, 0.3) is 33.7 Å². The Bertz CT molecular complexity index is 1620. The van der Waals surface area contributed by atoms with Gasteiger partial charge in [0.15, 0.2) is 5.15 Å². The highest BCUT2D eigenvalue weighted by Gasteiger charge is 2.41. The zero-order chi connectivity index (χ0) is 26.6. The predicted octanol–water partition coefficient (Wildman–Crippen LogP) is 6.27. The molecule has 0 spiro atoms. The molecule has 2 aliphatic rings. The van der Waals surface area contributed by atoms with Crippen molar-refractivity contribution in [3.8, 4) is 22.8 Å². The van der Waals surface area contributed by atoms with E-state index in [9.17, 15) is 9.90 Å². The van der Waals surface area contributed by atoms with E-state index in [1.807, 2.05) is 48.0 Å². The highest BCUT2D eigenvalue weighted by atomic mass is 35.5. The van der Waals surface area contributed by atoms with Crippen LogP contribution in [0.4, 0.5) is 0 Å². The minimum Gasteiger partial charge on any atom is -0.481 e. The second-order valence-electron chi connectivity index (χ2n) is 10.3. The number of hydrogen-bond donors (Lipinski definition) is 1. The van der Waals surface area contributed by atoms with Crippen LogP contribution < -0.4 is 0 Å². The van der Waals surface area contributed by atoms with E-state index in [4.69, 9.17) is 21.1 Å². The van der Waals surface area contributed by atoms with Crippen LogP contribution in [0.1, 0.15) is 37.4 Å². The van der Waals surface area contributed by atoms with Crippen molar-refractivity contribution in [2.75, 3.05) is 6.54 Å². The minimum atomic E-state index is -0.737. The molecule has 1 N–H and O–H groups in total.